The van der Waals surface area contributed by atoms with Gasteiger partial charge in [0.15, 0.2) is 0 Å². The maximum absolute atomic E-state index is 13.9. The molecule has 16 heteroatoms. The number of tetrazole rings is 1. The van der Waals surface area contributed by atoms with Gasteiger partial charge in [-0.3, -0.25) is 19.2 Å². The quantitative estimate of drug-likeness (QED) is 0.100. The number of alkyl carbamates (subject to hydrolysis) is 1. The van der Waals surface area contributed by atoms with Crippen LogP contribution >= 0.6 is 0 Å². The smallest absolute Gasteiger partial charge is 0.407 e. The lowest BCUT2D eigenvalue weighted by Gasteiger charge is -2.29. The van der Waals surface area contributed by atoms with Crippen molar-refractivity contribution >= 4 is 41.3 Å². The van der Waals surface area contributed by atoms with Crippen molar-refractivity contribution < 1.29 is 38.2 Å². The first kappa shape index (κ1) is 44.1. The second-order valence-electron chi connectivity index (χ2n) is 16.9. The average Bonchev–Trinajstić information content (AvgIpc) is 3.79. The van der Waals surface area contributed by atoms with E-state index in [2.05, 4.69) is 41.9 Å². The van der Waals surface area contributed by atoms with E-state index in [-0.39, 0.29) is 29.9 Å². The molecule has 3 aromatic carbocycles. The molecule has 1 saturated carbocycles. The summed E-state index contributed by atoms with van der Waals surface area (Å²) in [5.41, 5.74) is 4.67. The normalized spacial score (nSPS) is 19.5. The summed E-state index contributed by atoms with van der Waals surface area (Å²) < 4.78 is 10.1. The molecular weight excluding hydrogens is 781 g/mol. The molecule has 1 aliphatic carbocycles. The standard InChI is InChI=1S/C45H54N8O8/c1-26-22-32(40(55)48-36-20-21-37(43(58)60-5)49-42(36)57)16-19-35(26)29-10-6-27(7-11-29)23-33(41(56)47-34-17-14-31(15-18-34)39-50-52-53-51-39)24-38(54)30-12-8-28(9-13-30)25-46-44(59)61-45(2,3)4/h6-7,10-11,14-19,22,28,30,33,36-37H,8-9,12-13,20-21,23-25H2,1-5H3,(H,46,59)(H,47,56)(H,48,55)(H,49,57)(H,50,51,52,53)/t28?,30?,33-,36?,37?/m1/s1. The molecule has 16 nitrogen and oxygen atoms in total. The molecule has 2 aliphatic rings. The number of rotatable bonds is 14. The zero-order valence-corrected chi connectivity index (χ0v) is 35.2. The zero-order valence-electron chi connectivity index (χ0n) is 35.2. The molecule has 4 aromatic rings. The van der Waals surface area contributed by atoms with Gasteiger partial charge in [0.2, 0.25) is 17.6 Å². The van der Waals surface area contributed by atoms with Crippen molar-refractivity contribution in [3.8, 4) is 22.5 Å². The lowest BCUT2D eigenvalue weighted by molar-refractivity contribution is -0.146. The van der Waals surface area contributed by atoms with Crippen molar-refractivity contribution in [2.45, 2.75) is 96.7 Å². The first-order valence-corrected chi connectivity index (χ1v) is 20.7. The van der Waals surface area contributed by atoms with Gasteiger partial charge in [-0.2, -0.15) is 5.21 Å². The number of hydrogen-bond donors (Lipinski definition) is 5. The highest BCUT2D eigenvalue weighted by Crippen LogP contribution is 2.32. The molecule has 6 rings (SSSR count). The van der Waals surface area contributed by atoms with Gasteiger partial charge in [-0.15, -0.1) is 10.2 Å². The van der Waals surface area contributed by atoms with Gasteiger partial charge < -0.3 is 30.7 Å². The van der Waals surface area contributed by atoms with Crippen molar-refractivity contribution in [3.05, 3.63) is 83.4 Å². The monoisotopic (exact) mass is 834 g/mol. The number of nitrogens with zero attached hydrogens (tertiary/aromatic N) is 3. The van der Waals surface area contributed by atoms with Gasteiger partial charge >= 0.3 is 12.1 Å². The number of aromatic nitrogens is 4. The van der Waals surface area contributed by atoms with Crippen molar-refractivity contribution in [1.82, 2.24) is 36.6 Å². The number of amides is 4. The summed E-state index contributed by atoms with van der Waals surface area (Å²) in [4.78, 5) is 77.5. The van der Waals surface area contributed by atoms with Gasteiger partial charge in [-0.1, -0.05) is 30.3 Å². The van der Waals surface area contributed by atoms with Crippen LogP contribution in [0.25, 0.3) is 22.5 Å². The van der Waals surface area contributed by atoms with Gasteiger partial charge in [0.25, 0.3) is 5.91 Å². The zero-order chi connectivity index (χ0) is 43.7. The third-order valence-corrected chi connectivity index (χ3v) is 11.2. The Labute approximate surface area is 354 Å². The Bertz CT molecular complexity index is 2190. The number of methoxy groups -OCH3 is 1. The van der Waals surface area contributed by atoms with E-state index in [0.717, 1.165) is 40.7 Å². The second-order valence-corrected chi connectivity index (χ2v) is 16.9. The number of aryl methyl sites for hydroxylation is 1. The molecule has 2 unspecified atom stereocenters. The third-order valence-electron chi connectivity index (χ3n) is 11.2. The molecule has 1 saturated heterocycles. The number of ether oxygens (including phenoxy) is 2. The fourth-order valence-corrected chi connectivity index (χ4v) is 7.87. The first-order valence-electron chi connectivity index (χ1n) is 20.7. The SMILES string of the molecule is COC(=O)C1CCC(NC(=O)c2ccc(-c3ccc(C[C@H](CC(=O)C4CCC(CNC(=O)OC(C)(C)C)CC4)C(=O)Nc4ccc(-c5nn[nH]n5)cc4)cc3)c(C)c2)C(=O)N1. The number of anilines is 1. The number of carbonyl (C=O) groups excluding carboxylic acids is 6. The minimum Gasteiger partial charge on any atom is -0.467 e. The third kappa shape index (κ3) is 12.1. The second kappa shape index (κ2) is 19.7. The Hall–Kier alpha value is -6.45. The molecular formula is C45H54N8O8. The Morgan fingerprint density at radius 3 is 2.21 bits per heavy atom. The van der Waals surface area contributed by atoms with Crippen LogP contribution in [0.5, 0.6) is 0 Å². The number of benzene rings is 3. The number of Topliss-reactive ketones (excluding diaryl/α,β-unsaturated/α-hetero) is 1. The fraction of sp³-hybridized carbons (Fsp3) is 0.444. The number of aromatic amines is 1. The van der Waals surface area contributed by atoms with Gasteiger partial charge in [-0.25, -0.2) is 9.59 Å². The summed E-state index contributed by atoms with van der Waals surface area (Å²) >= 11 is 0. The van der Waals surface area contributed by atoms with Gasteiger partial charge in [-0.05, 0) is 142 Å². The van der Waals surface area contributed by atoms with Crippen molar-refractivity contribution in [2.75, 3.05) is 19.0 Å². The molecule has 3 atom stereocenters. The molecule has 0 radical (unpaired) electrons. The minimum atomic E-state index is -0.764. The lowest BCUT2D eigenvalue weighted by Crippen LogP contribution is -2.56. The Kier molecular flexibility index (Phi) is 14.3. The predicted molar refractivity (Wildman–Crippen MR) is 226 cm³/mol. The van der Waals surface area contributed by atoms with Crippen molar-refractivity contribution in [1.29, 1.82) is 0 Å². The molecule has 4 amide bonds. The highest BCUT2D eigenvalue weighted by Gasteiger charge is 2.34. The summed E-state index contributed by atoms with van der Waals surface area (Å²) in [6.45, 7) is 7.85. The number of hydrogen-bond acceptors (Lipinski definition) is 11. The Morgan fingerprint density at radius 1 is 0.885 bits per heavy atom. The molecule has 1 aromatic heterocycles. The number of H-pyrrole nitrogens is 1. The Morgan fingerprint density at radius 2 is 1.59 bits per heavy atom. The number of piperidine rings is 1. The van der Waals surface area contributed by atoms with Crippen molar-refractivity contribution in [3.63, 3.8) is 0 Å². The summed E-state index contributed by atoms with van der Waals surface area (Å²) in [7, 11) is 1.26. The maximum atomic E-state index is 13.9. The summed E-state index contributed by atoms with van der Waals surface area (Å²) in [6.07, 6.45) is 3.59. The number of ketones is 1. The van der Waals surface area contributed by atoms with Crippen LogP contribution in [0.4, 0.5) is 10.5 Å². The molecule has 5 N–H and O–H groups in total. The predicted octanol–water partition coefficient (Wildman–Crippen LogP) is 5.48. The van der Waals surface area contributed by atoms with Crippen LogP contribution < -0.4 is 21.3 Å². The first-order chi connectivity index (χ1) is 29.1. The van der Waals surface area contributed by atoms with Crippen LogP contribution in [-0.4, -0.2) is 87.5 Å². The number of carbonyl (C=O) groups is 6. The molecule has 322 valence electrons. The van der Waals surface area contributed by atoms with E-state index in [1.54, 1.807) is 36.4 Å². The average molecular weight is 835 g/mol. The van der Waals surface area contributed by atoms with Crippen LogP contribution in [0.15, 0.2) is 66.7 Å². The van der Waals surface area contributed by atoms with Crippen LogP contribution in [-0.2, 0) is 35.1 Å². The highest BCUT2D eigenvalue weighted by molar-refractivity contribution is 5.99. The topological polar surface area (TPSA) is 223 Å². The maximum Gasteiger partial charge on any atom is 0.407 e. The number of nitrogens with one attached hydrogen (secondary N) is 5. The Balaban J connectivity index is 1.09. The van der Waals surface area contributed by atoms with Gasteiger partial charge in [0.05, 0.1) is 7.11 Å². The number of esters is 1. The van der Waals surface area contributed by atoms with E-state index >= 15 is 0 Å². The van der Waals surface area contributed by atoms with E-state index < -0.39 is 47.5 Å². The molecule has 1 aliphatic heterocycles. The molecule has 0 spiro atoms. The van der Waals surface area contributed by atoms with Gasteiger partial charge in [0.1, 0.15) is 23.5 Å². The van der Waals surface area contributed by atoms with Crippen LogP contribution in [0.2, 0.25) is 0 Å². The fourth-order valence-electron chi connectivity index (χ4n) is 7.87. The van der Waals surface area contributed by atoms with E-state index in [1.165, 1.54) is 7.11 Å². The van der Waals surface area contributed by atoms with Crippen molar-refractivity contribution in [2.24, 2.45) is 17.8 Å². The molecule has 2 heterocycles. The summed E-state index contributed by atoms with van der Waals surface area (Å²) in [5.74, 6) is -1.69. The van der Waals surface area contributed by atoms with Crippen LogP contribution in [0.1, 0.15) is 87.2 Å². The highest BCUT2D eigenvalue weighted by atomic mass is 16.6. The lowest BCUT2D eigenvalue weighted by atomic mass is 9.77. The van der Waals surface area contributed by atoms with E-state index in [1.807, 2.05) is 58.0 Å². The van der Waals surface area contributed by atoms with E-state index in [9.17, 15) is 28.8 Å². The minimum absolute atomic E-state index is 0.0528. The van der Waals surface area contributed by atoms with E-state index in [0.29, 0.717) is 55.7 Å². The van der Waals surface area contributed by atoms with E-state index in [4.69, 9.17) is 9.47 Å². The summed E-state index contributed by atoms with van der Waals surface area (Å²) in [6, 6.07) is 18.7. The van der Waals surface area contributed by atoms with Crippen LogP contribution in [0.3, 0.4) is 0 Å². The van der Waals surface area contributed by atoms with Crippen LogP contribution in [0, 0.1) is 24.7 Å². The van der Waals surface area contributed by atoms with Gasteiger partial charge in [0, 0.05) is 41.6 Å². The molecule has 0 bridgehead atoms. The largest absolute Gasteiger partial charge is 0.467 e. The molecule has 2 fully saturated rings. The summed E-state index contributed by atoms with van der Waals surface area (Å²) in [5, 5.41) is 25.3. The molecule has 61 heavy (non-hydrogen) atoms.